The number of pyridine rings is 1. The molecule has 0 aliphatic carbocycles. The molecular weight excluding hydrogens is 278 g/mol. The number of aromatic carboxylic acids is 1. The van der Waals surface area contributed by atoms with Crippen LogP contribution in [0.25, 0.3) is 22.4 Å². The summed E-state index contributed by atoms with van der Waals surface area (Å²) in [5, 5.41) is 9.14. The topological polar surface area (TPSA) is 68.0 Å². The third kappa shape index (κ3) is 2.57. The number of unbranched alkanes of at least 4 members (excludes halogenated alkanes) is 1. The summed E-state index contributed by atoms with van der Waals surface area (Å²) in [7, 11) is 0. The number of carbonyl (C=O) groups is 1. The number of hydrogen-bond donors (Lipinski definition) is 1. The van der Waals surface area contributed by atoms with Crippen LogP contribution in [-0.2, 0) is 6.54 Å². The molecule has 0 aliphatic heterocycles. The fourth-order valence-corrected chi connectivity index (χ4v) is 2.53. The second kappa shape index (κ2) is 5.97. The maximum atomic E-state index is 11.1. The monoisotopic (exact) mass is 295 g/mol. The lowest BCUT2D eigenvalue weighted by Gasteiger charge is -2.08. The highest BCUT2D eigenvalue weighted by molar-refractivity contribution is 5.93. The standard InChI is InChI=1S/C17H17N3O2/c1-2-3-10-20-15-5-4-13(17(21)22)11-14(15)19-16(20)12-6-8-18-9-7-12/h4-9,11H,2-3,10H2,1H3,(H,21,22). The van der Waals surface area contributed by atoms with Crippen LogP contribution in [0.3, 0.4) is 0 Å². The molecule has 0 unspecified atom stereocenters. The molecule has 1 aromatic carbocycles. The minimum Gasteiger partial charge on any atom is -0.478 e. The molecule has 0 fully saturated rings. The van der Waals surface area contributed by atoms with Crippen molar-refractivity contribution in [1.82, 2.24) is 14.5 Å². The Bertz CT molecular complexity index is 809. The minimum atomic E-state index is -0.935. The first-order chi connectivity index (χ1) is 10.7. The van der Waals surface area contributed by atoms with E-state index in [0.717, 1.165) is 36.3 Å². The Morgan fingerprint density at radius 2 is 2.00 bits per heavy atom. The van der Waals surface area contributed by atoms with Gasteiger partial charge in [-0.05, 0) is 36.8 Å². The third-order valence-electron chi connectivity index (χ3n) is 3.67. The Morgan fingerprint density at radius 3 is 2.68 bits per heavy atom. The van der Waals surface area contributed by atoms with Crippen LogP contribution in [0.1, 0.15) is 30.1 Å². The van der Waals surface area contributed by atoms with E-state index in [2.05, 4.69) is 21.5 Å². The van der Waals surface area contributed by atoms with E-state index in [4.69, 9.17) is 5.11 Å². The number of hydrogen-bond acceptors (Lipinski definition) is 3. The molecule has 0 saturated carbocycles. The van der Waals surface area contributed by atoms with Crippen molar-refractivity contribution in [3.63, 3.8) is 0 Å². The molecule has 1 N–H and O–H groups in total. The number of fused-ring (bicyclic) bond motifs is 1. The van der Waals surface area contributed by atoms with Gasteiger partial charge in [0.1, 0.15) is 5.82 Å². The molecule has 3 aromatic rings. The zero-order chi connectivity index (χ0) is 15.5. The number of carboxylic acids is 1. The summed E-state index contributed by atoms with van der Waals surface area (Å²) in [6, 6.07) is 8.94. The van der Waals surface area contributed by atoms with Gasteiger partial charge in [0.25, 0.3) is 0 Å². The molecule has 22 heavy (non-hydrogen) atoms. The maximum Gasteiger partial charge on any atom is 0.335 e. The maximum absolute atomic E-state index is 11.1. The van der Waals surface area contributed by atoms with Gasteiger partial charge in [0, 0.05) is 24.5 Å². The number of aryl methyl sites for hydroxylation is 1. The van der Waals surface area contributed by atoms with Crippen LogP contribution in [-0.4, -0.2) is 25.6 Å². The molecule has 0 amide bonds. The van der Waals surface area contributed by atoms with E-state index in [1.54, 1.807) is 24.5 Å². The van der Waals surface area contributed by atoms with Gasteiger partial charge in [-0.15, -0.1) is 0 Å². The highest BCUT2D eigenvalue weighted by atomic mass is 16.4. The normalized spacial score (nSPS) is 11.0. The molecule has 0 aliphatic rings. The molecule has 3 rings (SSSR count). The molecular formula is C17H17N3O2. The highest BCUT2D eigenvalue weighted by Gasteiger charge is 2.14. The fraction of sp³-hybridized carbons (Fsp3) is 0.235. The molecule has 2 aromatic heterocycles. The summed E-state index contributed by atoms with van der Waals surface area (Å²) < 4.78 is 2.15. The number of rotatable bonds is 5. The average molecular weight is 295 g/mol. The first-order valence-electron chi connectivity index (χ1n) is 7.34. The fourth-order valence-electron chi connectivity index (χ4n) is 2.53. The number of aromatic nitrogens is 3. The van der Waals surface area contributed by atoms with E-state index in [0.29, 0.717) is 5.52 Å². The first kappa shape index (κ1) is 14.3. The van der Waals surface area contributed by atoms with Gasteiger partial charge < -0.3 is 9.67 Å². The van der Waals surface area contributed by atoms with Crippen molar-refractivity contribution in [3.8, 4) is 11.4 Å². The number of carboxylic acid groups (broad SMARTS) is 1. The Hall–Kier alpha value is -2.69. The lowest BCUT2D eigenvalue weighted by Crippen LogP contribution is -2.01. The Kier molecular flexibility index (Phi) is 3.87. The van der Waals surface area contributed by atoms with Crippen molar-refractivity contribution in [3.05, 3.63) is 48.3 Å². The SMILES string of the molecule is CCCCn1c(-c2ccncc2)nc2cc(C(=O)O)ccc21. The molecule has 0 saturated heterocycles. The summed E-state index contributed by atoms with van der Waals surface area (Å²) in [5.41, 5.74) is 2.92. The molecule has 2 heterocycles. The van der Waals surface area contributed by atoms with Crippen LogP contribution in [0.15, 0.2) is 42.7 Å². The van der Waals surface area contributed by atoms with E-state index < -0.39 is 5.97 Å². The summed E-state index contributed by atoms with van der Waals surface area (Å²) in [4.78, 5) is 19.8. The van der Waals surface area contributed by atoms with Crippen LogP contribution in [0.4, 0.5) is 0 Å². The highest BCUT2D eigenvalue weighted by Crippen LogP contribution is 2.25. The molecule has 0 spiro atoms. The predicted molar refractivity (Wildman–Crippen MR) is 84.8 cm³/mol. The van der Waals surface area contributed by atoms with Crippen LogP contribution < -0.4 is 0 Å². The van der Waals surface area contributed by atoms with Crippen LogP contribution >= 0.6 is 0 Å². The predicted octanol–water partition coefficient (Wildman–Crippen LogP) is 3.60. The lowest BCUT2D eigenvalue weighted by molar-refractivity contribution is 0.0697. The quantitative estimate of drug-likeness (QED) is 0.781. The summed E-state index contributed by atoms with van der Waals surface area (Å²) >= 11 is 0. The molecule has 0 radical (unpaired) electrons. The number of imidazole rings is 1. The van der Waals surface area contributed by atoms with E-state index in [-0.39, 0.29) is 5.56 Å². The van der Waals surface area contributed by atoms with Gasteiger partial charge in [-0.2, -0.15) is 0 Å². The third-order valence-corrected chi connectivity index (χ3v) is 3.67. The number of benzene rings is 1. The second-order valence-electron chi connectivity index (χ2n) is 5.19. The average Bonchev–Trinajstić information content (AvgIpc) is 2.91. The Labute approximate surface area is 128 Å². The van der Waals surface area contributed by atoms with Crippen LogP contribution in [0, 0.1) is 0 Å². The van der Waals surface area contributed by atoms with E-state index in [1.807, 2.05) is 18.2 Å². The second-order valence-corrected chi connectivity index (χ2v) is 5.19. The van der Waals surface area contributed by atoms with Crippen molar-refractivity contribution in [2.45, 2.75) is 26.3 Å². The van der Waals surface area contributed by atoms with Crippen molar-refractivity contribution >= 4 is 17.0 Å². The summed E-state index contributed by atoms with van der Waals surface area (Å²) in [6.07, 6.45) is 5.61. The van der Waals surface area contributed by atoms with E-state index >= 15 is 0 Å². The minimum absolute atomic E-state index is 0.258. The molecule has 5 heteroatoms. The zero-order valence-corrected chi connectivity index (χ0v) is 12.4. The smallest absolute Gasteiger partial charge is 0.335 e. The van der Waals surface area contributed by atoms with Gasteiger partial charge in [-0.25, -0.2) is 9.78 Å². The van der Waals surface area contributed by atoms with Crippen molar-refractivity contribution in [1.29, 1.82) is 0 Å². The van der Waals surface area contributed by atoms with Gasteiger partial charge in [-0.3, -0.25) is 4.98 Å². The molecule has 0 atom stereocenters. The Morgan fingerprint density at radius 1 is 1.23 bits per heavy atom. The van der Waals surface area contributed by atoms with Crippen LogP contribution in [0.5, 0.6) is 0 Å². The van der Waals surface area contributed by atoms with Gasteiger partial charge in [-0.1, -0.05) is 13.3 Å². The van der Waals surface area contributed by atoms with Gasteiger partial charge in [0.15, 0.2) is 0 Å². The van der Waals surface area contributed by atoms with Crippen molar-refractivity contribution < 1.29 is 9.90 Å². The summed E-state index contributed by atoms with van der Waals surface area (Å²) in [5.74, 6) is -0.0798. The van der Waals surface area contributed by atoms with E-state index in [9.17, 15) is 4.79 Å². The van der Waals surface area contributed by atoms with Gasteiger partial charge in [0.05, 0.1) is 16.6 Å². The largest absolute Gasteiger partial charge is 0.478 e. The number of nitrogens with zero attached hydrogens (tertiary/aromatic N) is 3. The molecule has 5 nitrogen and oxygen atoms in total. The summed E-state index contributed by atoms with van der Waals surface area (Å²) in [6.45, 7) is 3.00. The zero-order valence-electron chi connectivity index (χ0n) is 12.4. The first-order valence-corrected chi connectivity index (χ1v) is 7.34. The van der Waals surface area contributed by atoms with Gasteiger partial charge >= 0.3 is 5.97 Å². The van der Waals surface area contributed by atoms with Crippen LogP contribution in [0.2, 0.25) is 0 Å². The molecule has 112 valence electrons. The van der Waals surface area contributed by atoms with Gasteiger partial charge in [0.2, 0.25) is 0 Å². The Balaban J connectivity index is 2.18. The molecule has 0 bridgehead atoms. The van der Waals surface area contributed by atoms with Crippen molar-refractivity contribution in [2.24, 2.45) is 0 Å². The van der Waals surface area contributed by atoms with E-state index in [1.165, 1.54) is 0 Å². The van der Waals surface area contributed by atoms with Crippen molar-refractivity contribution in [2.75, 3.05) is 0 Å². The lowest BCUT2D eigenvalue weighted by atomic mass is 10.2.